The van der Waals surface area contributed by atoms with Gasteiger partial charge >= 0.3 is 5.63 Å². The van der Waals surface area contributed by atoms with Crippen LogP contribution in [0.4, 0.5) is 0 Å². The molecule has 4 nitrogen and oxygen atoms in total. The summed E-state index contributed by atoms with van der Waals surface area (Å²) in [5, 5.41) is 6.90. The number of nitrogens with zero attached hydrogens (tertiary/aromatic N) is 2. The fourth-order valence-electron chi connectivity index (χ4n) is 2.78. The minimum atomic E-state index is -0.353. The third kappa shape index (κ3) is 3.85. The summed E-state index contributed by atoms with van der Waals surface area (Å²) in [5.74, 6) is 0.958. The van der Waals surface area contributed by atoms with Gasteiger partial charge in [0.2, 0.25) is 0 Å². The standard InChI is InChI=1S/C19H20N2O2S2/c1-3-5-6-11-24-18-16-13(8-4-2)9-7-10-15(16)23-19(22)17(18)14-12-25-21-20-14/h4,7,9-10,12H,2-3,5-6,8,11H2,1H3. The molecule has 0 radical (unpaired) electrons. The van der Waals surface area contributed by atoms with E-state index in [0.29, 0.717) is 16.8 Å². The van der Waals surface area contributed by atoms with E-state index < -0.39 is 0 Å². The van der Waals surface area contributed by atoms with Crippen LogP contribution in [0, 0.1) is 0 Å². The average molecular weight is 373 g/mol. The normalized spacial score (nSPS) is 11.1. The Morgan fingerprint density at radius 1 is 1.36 bits per heavy atom. The molecule has 6 heteroatoms. The first-order valence-electron chi connectivity index (χ1n) is 8.36. The summed E-state index contributed by atoms with van der Waals surface area (Å²) >= 11 is 2.95. The molecule has 3 aromatic rings. The molecule has 1 aromatic carbocycles. The van der Waals surface area contributed by atoms with Gasteiger partial charge in [-0.15, -0.1) is 23.4 Å². The summed E-state index contributed by atoms with van der Waals surface area (Å²) in [6.45, 7) is 6.04. The van der Waals surface area contributed by atoms with E-state index in [1.165, 1.54) is 24.4 Å². The number of allylic oxidation sites excluding steroid dienone is 1. The van der Waals surface area contributed by atoms with Gasteiger partial charge in [-0.25, -0.2) is 4.79 Å². The highest BCUT2D eigenvalue weighted by molar-refractivity contribution is 7.99. The SMILES string of the molecule is C=CCc1cccc2oc(=O)c(-c3csnn3)c(SCCCCC)c12. The lowest BCUT2D eigenvalue weighted by molar-refractivity contribution is 0.559. The van der Waals surface area contributed by atoms with Crippen LogP contribution in [-0.4, -0.2) is 15.3 Å². The molecular weight excluding hydrogens is 352 g/mol. The maximum absolute atomic E-state index is 12.6. The summed E-state index contributed by atoms with van der Waals surface area (Å²) in [6.07, 6.45) is 6.06. The molecule has 2 aromatic heterocycles. The Morgan fingerprint density at radius 2 is 2.24 bits per heavy atom. The first-order valence-corrected chi connectivity index (χ1v) is 10.2. The van der Waals surface area contributed by atoms with E-state index in [1.54, 1.807) is 17.1 Å². The Morgan fingerprint density at radius 3 is 2.96 bits per heavy atom. The Hall–Kier alpha value is -1.92. The van der Waals surface area contributed by atoms with E-state index in [1.807, 2.05) is 18.2 Å². The van der Waals surface area contributed by atoms with E-state index in [-0.39, 0.29) is 5.63 Å². The topological polar surface area (TPSA) is 56.0 Å². The van der Waals surface area contributed by atoms with Gasteiger partial charge in [0.25, 0.3) is 0 Å². The van der Waals surface area contributed by atoms with Crippen LogP contribution in [0.3, 0.4) is 0 Å². The predicted octanol–water partition coefficient (Wildman–Crippen LogP) is 5.32. The summed E-state index contributed by atoms with van der Waals surface area (Å²) < 4.78 is 9.52. The van der Waals surface area contributed by atoms with Gasteiger partial charge in [0, 0.05) is 15.7 Å². The van der Waals surface area contributed by atoms with Crippen molar-refractivity contribution in [3.63, 3.8) is 0 Å². The average Bonchev–Trinajstić information content (AvgIpc) is 3.12. The largest absolute Gasteiger partial charge is 0.422 e. The third-order valence-corrected chi connectivity index (χ3v) is 5.64. The molecule has 25 heavy (non-hydrogen) atoms. The summed E-state index contributed by atoms with van der Waals surface area (Å²) in [6, 6.07) is 5.82. The van der Waals surface area contributed by atoms with Crippen molar-refractivity contribution in [3.8, 4) is 11.3 Å². The first-order chi connectivity index (χ1) is 12.3. The van der Waals surface area contributed by atoms with E-state index >= 15 is 0 Å². The zero-order valence-corrected chi connectivity index (χ0v) is 15.8. The Bertz CT molecular complexity index is 917. The van der Waals surface area contributed by atoms with Crippen LogP contribution in [0.5, 0.6) is 0 Å². The molecule has 0 aliphatic rings. The molecule has 0 atom stereocenters. The molecule has 0 saturated heterocycles. The maximum Gasteiger partial charge on any atom is 0.347 e. The van der Waals surface area contributed by atoms with Crippen molar-refractivity contribution in [2.24, 2.45) is 0 Å². The van der Waals surface area contributed by atoms with Gasteiger partial charge in [-0.1, -0.05) is 42.5 Å². The highest BCUT2D eigenvalue weighted by atomic mass is 32.2. The van der Waals surface area contributed by atoms with Crippen LogP contribution >= 0.6 is 23.3 Å². The monoisotopic (exact) mass is 372 g/mol. The molecule has 0 bridgehead atoms. The first kappa shape index (κ1) is 17.9. The second kappa shape index (κ2) is 8.45. The van der Waals surface area contributed by atoms with Gasteiger partial charge in [0.05, 0.1) is 0 Å². The zero-order valence-electron chi connectivity index (χ0n) is 14.2. The molecule has 0 fully saturated rings. The van der Waals surface area contributed by atoms with E-state index in [0.717, 1.165) is 34.4 Å². The maximum atomic E-state index is 12.6. The van der Waals surface area contributed by atoms with Gasteiger partial charge in [-0.2, -0.15) is 0 Å². The van der Waals surface area contributed by atoms with Crippen molar-refractivity contribution < 1.29 is 4.42 Å². The number of hydrogen-bond acceptors (Lipinski definition) is 6. The van der Waals surface area contributed by atoms with Gasteiger partial charge < -0.3 is 4.42 Å². The molecule has 2 heterocycles. The zero-order chi connectivity index (χ0) is 17.6. The quantitative estimate of drug-likeness (QED) is 0.232. The predicted molar refractivity (Wildman–Crippen MR) is 106 cm³/mol. The lowest BCUT2D eigenvalue weighted by Gasteiger charge is -2.12. The van der Waals surface area contributed by atoms with E-state index in [2.05, 4.69) is 29.2 Å². The minimum Gasteiger partial charge on any atom is -0.422 e. The number of thioether (sulfide) groups is 1. The second-order valence-electron chi connectivity index (χ2n) is 5.72. The smallest absolute Gasteiger partial charge is 0.347 e. The third-order valence-electron chi connectivity index (χ3n) is 3.95. The molecule has 0 amide bonds. The number of unbranched alkanes of at least 4 members (excludes halogenated alkanes) is 2. The van der Waals surface area contributed by atoms with E-state index in [4.69, 9.17) is 4.42 Å². The highest BCUT2D eigenvalue weighted by Crippen LogP contribution is 2.37. The summed E-state index contributed by atoms with van der Waals surface area (Å²) in [5.41, 5.74) is 2.49. The molecule has 0 aliphatic heterocycles. The number of fused-ring (bicyclic) bond motifs is 1. The second-order valence-corrected chi connectivity index (χ2v) is 7.44. The summed E-state index contributed by atoms with van der Waals surface area (Å²) in [7, 11) is 0. The minimum absolute atomic E-state index is 0.353. The van der Waals surface area contributed by atoms with Crippen molar-refractivity contribution >= 4 is 34.3 Å². The van der Waals surface area contributed by atoms with Crippen LogP contribution < -0.4 is 5.63 Å². The lowest BCUT2D eigenvalue weighted by Crippen LogP contribution is -2.07. The van der Waals surface area contributed by atoms with Crippen molar-refractivity contribution in [2.75, 3.05) is 5.75 Å². The fraction of sp³-hybridized carbons (Fsp3) is 0.316. The van der Waals surface area contributed by atoms with E-state index in [9.17, 15) is 4.79 Å². The van der Waals surface area contributed by atoms with Crippen LogP contribution in [-0.2, 0) is 6.42 Å². The molecule has 130 valence electrons. The van der Waals surface area contributed by atoms with Crippen molar-refractivity contribution in [2.45, 2.75) is 37.5 Å². The number of hydrogen-bond donors (Lipinski definition) is 0. The molecule has 0 N–H and O–H groups in total. The Balaban J connectivity index is 2.21. The van der Waals surface area contributed by atoms with Crippen molar-refractivity contribution in [3.05, 3.63) is 52.2 Å². The Labute approximate surface area is 155 Å². The number of aromatic nitrogens is 2. The van der Waals surface area contributed by atoms with Crippen molar-refractivity contribution in [1.29, 1.82) is 0 Å². The number of rotatable bonds is 8. The summed E-state index contributed by atoms with van der Waals surface area (Å²) in [4.78, 5) is 13.6. The van der Waals surface area contributed by atoms with Gasteiger partial charge in [0.1, 0.15) is 16.8 Å². The van der Waals surface area contributed by atoms with Gasteiger partial charge in [-0.05, 0) is 41.8 Å². The molecular formula is C19H20N2O2S2. The fourth-order valence-corrected chi connectivity index (χ4v) is 4.49. The molecule has 0 unspecified atom stereocenters. The molecule has 0 spiro atoms. The van der Waals surface area contributed by atoms with Gasteiger partial charge in [0.15, 0.2) is 0 Å². The molecule has 0 aliphatic carbocycles. The van der Waals surface area contributed by atoms with Crippen LogP contribution in [0.15, 0.2) is 50.3 Å². The van der Waals surface area contributed by atoms with Crippen LogP contribution in [0.1, 0.15) is 31.7 Å². The van der Waals surface area contributed by atoms with Crippen LogP contribution in [0.2, 0.25) is 0 Å². The highest BCUT2D eigenvalue weighted by Gasteiger charge is 2.20. The Kier molecular flexibility index (Phi) is 6.04. The number of benzene rings is 1. The molecule has 0 saturated carbocycles. The lowest BCUT2D eigenvalue weighted by atomic mass is 10.0. The van der Waals surface area contributed by atoms with Crippen molar-refractivity contribution in [1.82, 2.24) is 9.59 Å². The molecule has 3 rings (SSSR count). The van der Waals surface area contributed by atoms with Gasteiger partial charge in [-0.3, -0.25) is 0 Å². The van der Waals surface area contributed by atoms with Crippen LogP contribution in [0.25, 0.3) is 22.2 Å².